The summed E-state index contributed by atoms with van der Waals surface area (Å²) in [6.07, 6.45) is 6.26. The third-order valence-electron chi connectivity index (χ3n) is 9.64. The minimum Gasteiger partial charge on any atom is -0.506 e. The topological polar surface area (TPSA) is 180 Å². The van der Waals surface area contributed by atoms with Crippen LogP contribution in [-0.4, -0.2) is 71.7 Å². The molecule has 6 N–H and O–H groups in total. The van der Waals surface area contributed by atoms with Gasteiger partial charge in [0.1, 0.15) is 5.75 Å². The third kappa shape index (κ3) is 7.93. The van der Waals surface area contributed by atoms with Crippen molar-refractivity contribution in [2.24, 2.45) is 11.5 Å². The number of aryl methyl sites for hydroxylation is 1. The van der Waals surface area contributed by atoms with Crippen LogP contribution in [0, 0.1) is 6.92 Å². The van der Waals surface area contributed by atoms with Crippen molar-refractivity contribution in [1.82, 2.24) is 19.9 Å². The van der Waals surface area contributed by atoms with E-state index in [1.165, 1.54) is 15.9 Å². The smallest absolute Gasteiger partial charge is 0.264 e. The normalized spacial score (nSPS) is 18.3. The van der Waals surface area contributed by atoms with E-state index in [0.717, 1.165) is 37.1 Å². The van der Waals surface area contributed by atoms with Crippen molar-refractivity contribution in [1.29, 1.82) is 0 Å². The number of nitrogens with two attached hydrogens (primary N) is 2. The summed E-state index contributed by atoms with van der Waals surface area (Å²) in [5.74, 6) is 1.48. The molecule has 0 unspecified atom stereocenters. The number of anilines is 5. The minimum atomic E-state index is -4.04. The Morgan fingerprint density at radius 2 is 1.50 bits per heavy atom. The highest BCUT2D eigenvalue weighted by Crippen LogP contribution is 2.36. The number of nitrogens with zero attached hydrogens (tertiary/aromatic N) is 7. The van der Waals surface area contributed by atoms with E-state index in [-0.39, 0.29) is 40.9 Å². The van der Waals surface area contributed by atoms with Gasteiger partial charge >= 0.3 is 0 Å². The first-order valence-electron chi connectivity index (χ1n) is 17.5. The lowest BCUT2D eigenvalue weighted by Gasteiger charge is -2.36. The van der Waals surface area contributed by atoms with Gasteiger partial charge in [-0.3, -0.25) is 9.29 Å². The van der Waals surface area contributed by atoms with Crippen molar-refractivity contribution in [3.63, 3.8) is 0 Å². The number of phenols is 1. The largest absolute Gasteiger partial charge is 0.506 e. The molecule has 3 aromatic carbocycles. The predicted octanol–water partition coefficient (Wildman–Crippen LogP) is 4.67. The molecule has 2 aliphatic heterocycles. The van der Waals surface area contributed by atoms with Crippen LogP contribution in [0.3, 0.4) is 0 Å². The molecule has 14 heteroatoms. The molecule has 13 nitrogen and oxygen atoms in total. The summed E-state index contributed by atoms with van der Waals surface area (Å²) in [6, 6.07) is 24.6. The van der Waals surface area contributed by atoms with Gasteiger partial charge in [-0.05, 0) is 79.6 Å². The molecule has 2 aliphatic rings. The zero-order valence-electron chi connectivity index (χ0n) is 29.1. The van der Waals surface area contributed by atoms with Crippen LogP contribution in [0.5, 0.6) is 5.75 Å². The number of piperidine rings is 2. The number of rotatable bonds is 10. The summed E-state index contributed by atoms with van der Waals surface area (Å²) in [6.45, 7) is 4.56. The number of pyridine rings is 1. The SMILES string of the molecule is Cc1ccc(S(=O)(=O)N(Cc2ccccc2)c2ccc(Nc3nc(N4CCC(c5ccncc5)CC4)nc(N4C[C@H](N)C[C@H](N)C4)n3)cc2O)cc1. The van der Waals surface area contributed by atoms with E-state index in [0.29, 0.717) is 43.0 Å². The number of hydrogen-bond donors (Lipinski definition) is 4. The van der Waals surface area contributed by atoms with Gasteiger partial charge < -0.3 is 31.7 Å². The standard InChI is InChI=1S/C38H44N10O3S/c1-26-7-10-33(11-8-26)52(50,51)48(23-27-5-3-2-4-6-27)34-12-9-32(22-35(34)49)42-36-43-37(45-38(44-36)47-24-30(39)21-31(40)25-47)46-19-15-29(16-20-46)28-13-17-41-18-14-28/h2-14,17-18,22,29-31,49H,15-16,19-21,23-25,39-40H2,1H3,(H,42,43,44,45)/t30-,31+. The van der Waals surface area contributed by atoms with Gasteiger partial charge in [0.05, 0.1) is 17.1 Å². The third-order valence-corrected chi connectivity index (χ3v) is 11.4. The molecular weight excluding hydrogens is 677 g/mol. The second kappa shape index (κ2) is 15.1. The van der Waals surface area contributed by atoms with Crippen LogP contribution in [0.4, 0.5) is 29.2 Å². The Labute approximate surface area is 304 Å². The molecule has 0 bridgehead atoms. The van der Waals surface area contributed by atoms with Crippen LogP contribution < -0.4 is 30.9 Å². The summed E-state index contributed by atoms with van der Waals surface area (Å²) in [5, 5.41) is 14.7. The first kappa shape index (κ1) is 35.1. The van der Waals surface area contributed by atoms with E-state index in [1.807, 2.05) is 54.5 Å². The van der Waals surface area contributed by atoms with Gasteiger partial charge in [0.2, 0.25) is 17.8 Å². The van der Waals surface area contributed by atoms with E-state index >= 15 is 0 Å². The van der Waals surface area contributed by atoms with Crippen molar-refractivity contribution in [2.45, 2.75) is 55.6 Å². The molecular formula is C38H44N10O3S. The average molecular weight is 721 g/mol. The highest BCUT2D eigenvalue weighted by Gasteiger charge is 2.30. The maximum absolute atomic E-state index is 14.0. The summed E-state index contributed by atoms with van der Waals surface area (Å²) < 4.78 is 29.3. The lowest BCUT2D eigenvalue weighted by molar-refractivity contribution is 0.446. The van der Waals surface area contributed by atoms with E-state index < -0.39 is 10.0 Å². The predicted molar refractivity (Wildman–Crippen MR) is 203 cm³/mol. The van der Waals surface area contributed by atoms with Gasteiger partial charge in [-0.1, -0.05) is 48.0 Å². The molecule has 4 heterocycles. The molecule has 52 heavy (non-hydrogen) atoms. The van der Waals surface area contributed by atoms with Crippen molar-refractivity contribution in [2.75, 3.05) is 45.6 Å². The molecule has 2 fully saturated rings. The number of hydrogen-bond acceptors (Lipinski definition) is 12. The fraction of sp³-hybridized carbons (Fsp3) is 0.316. The van der Waals surface area contributed by atoms with E-state index in [9.17, 15) is 13.5 Å². The Morgan fingerprint density at radius 3 is 2.15 bits per heavy atom. The second-order valence-corrected chi connectivity index (χ2v) is 15.5. The zero-order valence-corrected chi connectivity index (χ0v) is 29.9. The summed E-state index contributed by atoms with van der Waals surface area (Å²) in [7, 11) is -4.04. The number of aromatic nitrogens is 4. The number of nitrogens with one attached hydrogen (secondary N) is 1. The van der Waals surface area contributed by atoms with Crippen LogP contribution in [0.1, 0.15) is 41.9 Å². The molecule has 0 amide bonds. The van der Waals surface area contributed by atoms with Crippen LogP contribution in [0.2, 0.25) is 0 Å². The molecule has 0 aliphatic carbocycles. The van der Waals surface area contributed by atoms with Gasteiger partial charge in [0.25, 0.3) is 10.0 Å². The number of phenolic OH excluding ortho intramolecular Hbond substituents is 1. The van der Waals surface area contributed by atoms with Crippen LogP contribution >= 0.6 is 0 Å². The van der Waals surface area contributed by atoms with Crippen LogP contribution in [0.25, 0.3) is 0 Å². The summed E-state index contributed by atoms with van der Waals surface area (Å²) in [4.78, 5) is 22.9. The first-order chi connectivity index (χ1) is 25.1. The molecule has 270 valence electrons. The molecule has 5 aromatic rings. The lowest BCUT2D eigenvalue weighted by Crippen LogP contribution is -2.53. The van der Waals surface area contributed by atoms with Gasteiger partial charge in [-0.15, -0.1) is 0 Å². The molecule has 2 saturated heterocycles. The Kier molecular flexibility index (Phi) is 10.2. The number of sulfonamides is 1. The minimum absolute atomic E-state index is 0.0233. The second-order valence-electron chi connectivity index (χ2n) is 13.6. The molecule has 0 spiro atoms. The summed E-state index contributed by atoms with van der Waals surface area (Å²) in [5.41, 5.74) is 16.3. The Morgan fingerprint density at radius 1 is 0.846 bits per heavy atom. The molecule has 2 atom stereocenters. The fourth-order valence-corrected chi connectivity index (χ4v) is 8.38. The Bertz CT molecular complexity index is 2070. The van der Waals surface area contributed by atoms with Crippen molar-refractivity contribution in [3.8, 4) is 5.75 Å². The number of benzene rings is 3. The molecule has 0 radical (unpaired) electrons. The quantitative estimate of drug-likeness (QED) is 0.157. The first-order valence-corrected chi connectivity index (χ1v) is 19.0. The van der Waals surface area contributed by atoms with Gasteiger partial charge in [-0.25, -0.2) is 8.42 Å². The van der Waals surface area contributed by atoms with E-state index in [4.69, 9.17) is 26.4 Å². The van der Waals surface area contributed by atoms with Gasteiger partial charge in [0, 0.05) is 62.4 Å². The highest BCUT2D eigenvalue weighted by molar-refractivity contribution is 7.92. The maximum Gasteiger partial charge on any atom is 0.264 e. The monoisotopic (exact) mass is 720 g/mol. The van der Waals surface area contributed by atoms with Gasteiger partial charge in [-0.2, -0.15) is 15.0 Å². The molecule has 2 aromatic heterocycles. The maximum atomic E-state index is 14.0. The summed E-state index contributed by atoms with van der Waals surface area (Å²) >= 11 is 0. The molecule has 0 saturated carbocycles. The van der Waals surface area contributed by atoms with Crippen LogP contribution in [0.15, 0.2) is 102 Å². The van der Waals surface area contributed by atoms with Gasteiger partial charge in [0.15, 0.2) is 0 Å². The molecule has 7 rings (SSSR count). The van der Waals surface area contributed by atoms with E-state index in [1.54, 1.807) is 36.4 Å². The fourth-order valence-electron chi connectivity index (χ4n) is 6.91. The average Bonchev–Trinajstić information content (AvgIpc) is 3.15. The van der Waals surface area contributed by atoms with Crippen molar-refractivity contribution in [3.05, 3.63) is 114 Å². The van der Waals surface area contributed by atoms with E-state index in [2.05, 4.69) is 27.3 Å². The van der Waals surface area contributed by atoms with Crippen molar-refractivity contribution >= 4 is 39.2 Å². The van der Waals surface area contributed by atoms with Crippen LogP contribution in [-0.2, 0) is 16.6 Å². The lowest BCUT2D eigenvalue weighted by atomic mass is 9.90. The highest BCUT2D eigenvalue weighted by atomic mass is 32.2. The Hall–Kier alpha value is -5.31. The Balaban J connectivity index is 1.18. The zero-order chi connectivity index (χ0) is 36.2. The number of aromatic hydroxyl groups is 1. The van der Waals surface area contributed by atoms with Crippen molar-refractivity contribution < 1.29 is 13.5 Å².